The van der Waals surface area contributed by atoms with Gasteiger partial charge in [-0.3, -0.25) is 9.97 Å². The molecule has 2 heterocycles. The first-order valence-electron chi connectivity index (χ1n) is 5.94. The molecular formula is C16H10N2. The molecule has 0 aliphatic heterocycles. The summed E-state index contributed by atoms with van der Waals surface area (Å²) in [5.74, 6) is 0. The molecule has 0 radical (unpaired) electrons. The zero-order valence-electron chi connectivity index (χ0n) is 9.67. The third-order valence-electron chi connectivity index (χ3n) is 3.31. The van der Waals surface area contributed by atoms with Gasteiger partial charge < -0.3 is 0 Å². The van der Waals surface area contributed by atoms with E-state index in [9.17, 15) is 0 Å². The molecule has 0 atom stereocenters. The van der Waals surface area contributed by atoms with Gasteiger partial charge in [0.05, 0.1) is 11.0 Å². The predicted molar refractivity (Wildman–Crippen MR) is 74.6 cm³/mol. The highest BCUT2D eigenvalue weighted by molar-refractivity contribution is 6.09. The van der Waals surface area contributed by atoms with Crippen molar-refractivity contribution in [1.29, 1.82) is 0 Å². The number of nitrogens with zero attached hydrogens (tertiary/aromatic N) is 2. The average Bonchev–Trinajstić information content (AvgIpc) is 2.45. The van der Waals surface area contributed by atoms with Crippen LogP contribution in [0.2, 0.25) is 0 Å². The molecular weight excluding hydrogens is 220 g/mol. The fourth-order valence-corrected chi connectivity index (χ4v) is 2.43. The van der Waals surface area contributed by atoms with E-state index in [-0.39, 0.29) is 0 Å². The van der Waals surface area contributed by atoms with Crippen molar-refractivity contribution in [3.8, 4) is 0 Å². The Kier molecular flexibility index (Phi) is 1.86. The van der Waals surface area contributed by atoms with Crippen molar-refractivity contribution in [2.75, 3.05) is 0 Å². The number of fused-ring (bicyclic) bond motifs is 4. The van der Waals surface area contributed by atoms with Gasteiger partial charge in [-0.2, -0.15) is 0 Å². The van der Waals surface area contributed by atoms with E-state index in [1.165, 1.54) is 16.2 Å². The van der Waals surface area contributed by atoms with Crippen LogP contribution in [-0.2, 0) is 0 Å². The van der Waals surface area contributed by atoms with Crippen LogP contribution in [0.25, 0.3) is 32.6 Å². The maximum Gasteiger partial charge on any atom is 0.0730 e. The molecule has 0 aliphatic carbocycles. The van der Waals surface area contributed by atoms with Gasteiger partial charge >= 0.3 is 0 Å². The molecule has 84 valence electrons. The van der Waals surface area contributed by atoms with E-state index in [1.807, 2.05) is 24.5 Å². The summed E-state index contributed by atoms with van der Waals surface area (Å²) in [7, 11) is 0. The van der Waals surface area contributed by atoms with Crippen molar-refractivity contribution in [3.05, 3.63) is 60.9 Å². The fraction of sp³-hybridized carbons (Fsp3) is 0. The summed E-state index contributed by atoms with van der Waals surface area (Å²) >= 11 is 0. The number of aromatic nitrogens is 2. The van der Waals surface area contributed by atoms with Crippen LogP contribution in [0.4, 0.5) is 0 Å². The second-order valence-corrected chi connectivity index (χ2v) is 4.41. The van der Waals surface area contributed by atoms with Crippen LogP contribution in [0.5, 0.6) is 0 Å². The molecule has 18 heavy (non-hydrogen) atoms. The average molecular weight is 230 g/mol. The van der Waals surface area contributed by atoms with Crippen LogP contribution >= 0.6 is 0 Å². The molecule has 2 heteroatoms. The summed E-state index contributed by atoms with van der Waals surface area (Å²) < 4.78 is 0. The molecule has 0 fully saturated rings. The third kappa shape index (κ3) is 1.29. The molecule has 0 saturated heterocycles. The zero-order valence-corrected chi connectivity index (χ0v) is 9.67. The second-order valence-electron chi connectivity index (χ2n) is 4.41. The molecule has 2 aromatic heterocycles. The Morgan fingerprint density at radius 2 is 1.56 bits per heavy atom. The predicted octanol–water partition coefficient (Wildman–Crippen LogP) is 3.94. The van der Waals surface area contributed by atoms with Crippen molar-refractivity contribution >= 4 is 32.6 Å². The summed E-state index contributed by atoms with van der Waals surface area (Å²) in [6.07, 6.45) is 3.74. The lowest BCUT2D eigenvalue weighted by Gasteiger charge is -2.04. The summed E-state index contributed by atoms with van der Waals surface area (Å²) in [5.41, 5.74) is 1.99. The minimum absolute atomic E-state index is 0.993. The van der Waals surface area contributed by atoms with Crippen LogP contribution < -0.4 is 0 Å². The molecule has 2 nitrogen and oxygen atoms in total. The summed E-state index contributed by atoms with van der Waals surface area (Å²) in [4.78, 5) is 8.89. The van der Waals surface area contributed by atoms with Crippen molar-refractivity contribution in [3.63, 3.8) is 0 Å². The summed E-state index contributed by atoms with van der Waals surface area (Å²) in [5, 5.41) is 4.76. The number of benzene rings is 2. The first-order valence-corrected chi connectivity index (χ1v) is 5.94. The van der Waals surface area contributed by atoms with Gasteiger partial charge in [0.1, 0.15) is 0 Å². The van der Waals surface area contributed by atoms with Crippen molar-refractivity contribution in [2.24, 2.45) is 0 Å². The van der Waals surface area contributed by atoms with Gasteiger partial charge in [-0.15, -0.1) is 0 Å². The van der Waals surface area contributed by atoms with E-state index >= 15 is 0 Å². The standard InChI is InChI=1S/C16H10N2/c1-2-6-13-12(4-1)10-18-16-9-15-11(8-14(13)16)5-3-7-17-15/h1-10H. The van der Waals surface area contributed by atoms with Gasteiger partial charge in [0.2, 0.25) is 0 Å². The fourth-order valence-electron chi connectivity index (χ4n) is 2.43. The van der Waals surface area contributed by atoms with Crippen LogP contribution in [0.3, 0.4) is 0 Å². The smallest absolute Gasteiger partial charge is 0.0730 e. The number of pyridine rings is 2. The minimum Gasteiger partial charge on any atom is -0.256 e. The molecule has 0 bridgehead atoms. The Morgan fingerprint density at radius 3 is 2.56 bits per heavy atom. The lowest BCUT2D eigenvalue weighted by atomic mass is 10.0. The first-order chi connectivity index (χ1) is 8.92. The molecule has 0 N–H and O–H groups in total. The van der Waals surface area contributed by atoms with Crippen molar-refractivity contribution in [2.45, 2.75) is 0 Å². The Morgan fingerprint density at radius 1 is 0.667 bits per heavy atom. The largest absolute Gasteiger partial charge is 0.256 e. The Labute approximate surface area is 104 Å². The second kappa shape index (κ2) is 3.50. The van der Waals surface area contributed by atoms with E-state index in [1.54, 1.807) is 0 Å². The maximum atomic E-state index is 4.52. The first kappa shape index (κ1) is 9.54. The molecule has 0 spiro atoms. The Hall–Kier alpha value is -2.48. The Bertz CT molecular complexity index is 875. The molecule has 0 saturated carbocycles. The van der Waals surface area contributed by atoms with Gasteiger partial charge in [0, 0.05) is 28.6 Å². The summed E-state index contributed by atoms with van der Waals surface area (Å²) in [6.45, 7) is 0. The molecule has 0 unspecified atom stereocenters. The number of rotatable bonds is 0. The van der Waals surface area contributed by atoms with Crippen molar-refractivity contribution in [1.82, 2.24) is 9.97 Å². The van der Waals surface area contributed by atoms with Gasteiger partial charge in [0.15, 0.2) is 0 Å². The highest BCUT2D eigenvalue weighted by Crippen LogP contribution is 2.26. The molecule has 0 amide bonds. The van der Waals surface area contributed by atoms with E-state index in [0.717, 1.165) is 16.4 Å². The van der Waals surface area contributed by atoms with Crippen LogP contribution in [0.15, 0.2) is 60.9 Å². The van der Waals surface area contributed by atoms with E-state index in [0.29, 0.717) is 0 Å². The monoisotopic (exact) mass is 230 g/mol. The zero-order chi connectivity index (χ0) is 11.9. The third-order valence-corrected chi connectivity index (χ3v) is 3.31. The van der Waals surface area contributed by atoms with E-state index in [2.05, 4.69) is 46.4 Å². The number of hydrogen-bond donors (Lipinski definition) is 0. The summed E-state index contributed by atoms with van der Waals surface area (Å²) in [6, 6.07) is 16.6. The molecule has 0 aliphatic rings. The lowest BCUT2D eigenvalue weighted by Crippen LogP contribution is -1.84. The topological polar surface area (TPSA) is 25.8 Å². The van der Waals surface area contributed by atoms with Crippen LogP contribution in [0, 0.1) is 0 Å². The molecule has 4 rings (SSSR count). The van der Waals surface area contributed by atoms with Crippen LogP contribution in [0.1, 0.15) is 0 Å². The maximum absolute atomic E-state index is 4.52. The minimum atomic E-state index is 0.993. The molecule has 4 aromatic rings. The highest BCUT2D eigenvalue weighted by Gasteiger charge is 2.03. The van der Waals surface area contributed by atoms with Gasteiger partial charge in [0.25, 0.3) is 0 Å². The van der Waals surface area contributed by atoms with Gasteiger partial charge in [-0.05, 0) is 23.6 Å². The molecule has 2 aromatic carbocycles. The lowest BCUT2D eigenvalue weighted by molar-refractivity contribution is 1.40. The Balaban J connectivity index is 2.27. The van der Waals surface area contributed by atoms with Crippen molar-refractivity contribution < 1.29 is 0 Å². The van der Waals surface area contributed by atoms with Gasteiger partial charge in [-0.1, -0.05) is 30.3 Å². The van der Waals surface area contributed by atoms with Gasteiger partial charge in [-0.25, -0.2) is 0 Å². The number of hydrogen-bond acceptors (Lipinski definition) is 2. The normalized spacial score (nSPS) is 11.3. The quantitative estimate of drug-likeness (QED) is 0.338. The van der Waals surface area contributed by atoms with E-state index in [4.69, 9.17) is 0 Å². The highest BCUT2D eigenvalue weighted by atomic mass is 14.7. The van der Waals surface area contributed by atoms with Crippen LogP contribution in [-0.4, -0.2) is 9.97 Å². The van der Waals surface area contributed by atoms with E-state index < -0.39 is 0 Å². The SMILES string of the molecule is c1cnc2cc3ncc4ccccc4c3cc2c1.